The minimum absolute atomic E-state index is 0.0429. The fraction of sp³-hybridized carbons (Fsp3) is 0.421. The first kappa shape index (κ1) is 25.3. The Hall–Kier alpha value is -3.70. The van der Waals surface area contributed by atoms with Crippen molar-refractivity contribution < 1.29 is 43.7 Å². The molecule has 1 aromatic rings. The van der Waals surface area contributed by atoms with Gasteiger partial charge in [-0.15, -0.1) is 0 Å². The van der Waals surface area contributed by atoms with Gasteiger partial charge >= 0.3 is 23.9 Å². The summed E-state index contributed by atoms with van der Waals surface area (Å²) in [5, 5.41) is 33.5. The summed E-state index contributed by atoms with van der Waals surface area (Å²) in [7, 11) is 0. The molecule has 0 fully saturated rings. The van der Waals surface area contributed by atoms with Gasteiger partial charge in [-0.2, -0.15) is 0 Å². The Morgan fingerprint density at radius 2 is 1.52 bits per heavy atom. The third-order valence-electron chi connectivity index (χ3n) is 4.13. The Morgan fingerprint density at radius 1 is 0.903 bits per heavy atom. The van der Waals surface area contributed by atoms with Crippen molar-refractivity contribution >= 4 is 29.8 Å². The first-order chi connectivity index (χ1) is 14.6. The fourth-order valence-corrected chi connectivity index (χ4v) is 2.54. The molecule has 1 rings (SSSR count). The molecule has 0 unspecified atom stereocenters. The fourth-order valence-electron chi connectivity index (χ4n) is 2.54. The topological polar surface area (TPSA) is 182 Å². The highest BCUT2D eigenvalue weighted by atomic mass is 19.1. The second-order valence-electron chi connectivity index (χ2n) is 6.63. The molecular weight excluding hydrogens is 417 g/mol. The van der Waals surface area contributed by atoms with Crippen LogP contribution in [0.25, 0.3) is 0 Å². The van der Waals surface area contributed by atoms with Gasteiger partial charge in [0.1, 0.15) is 17.9 Å². The number of rotatable bonds is 13. The van der Waals surface area contributed by atoms with Crippen LogP contribution in [-0.2, 0) is 25.7 Å². The van der Waals surface area contributed by atoms with E-state index < -0.39 is 54.2 Å². The largest absolute Gasteiger partial charge is 0.481 e. The molecule has 0 saturated carbocycles. The van der Waals surface area contributed by atoms with Gasteiger partial charge in [-0.3, -0.25) is 9.59 Å². The van der Waals surface area contributed by atoms with E-state index in [1.807, 2.05) is 5.32 Å². The number of carboxylic acids is 3. The smallest absolute Gasteiger partial charge is 0.326 e. The number of carbonyl (C=O) groups excluding carboxylic acids is 2. The number of nitrogens with one attached hydrogen (secondary N) is 3. The second-order valence-corrected chi connectivity index (χ2v) is 6.63. The van der Waals surface area contributed by atoms with Crippen LogP contribution in [-0.4, -0.2) is 57.2 Å². The third kappa shape index (κ3) is 10.6. The summed E-state index contributed by atoms with van der Waals surface area (Å²) in [5.74, 6) is -4.91. The van der Waals surface area contributed by atoms with Crippen molar-refractivity contribution in [3.8, 4) is 0 Å². The Balaban J connectivity index is 2.44. The predicted octanol–water partition coefficient (Wildman–Crippen LogP) is 0.683. The summed E-state index contributed by atoms with van der Waals surface area (Å²) in [4.78, 5) is 56.7. The molecule has 11 nitrogen and oxygen atoms in total. The maximum atomic E-state index is 13.1. The number of carbonyl (C=O) groups is 5. The van der Waals surface area contributed by atoms with Gasteiger partial charge < -0.3 is 31.3 Å². The van der Waals surface area contributed by atoms with E-state index in [4.69, 9.17) is 10.2 Å². The number of hydrogen-bond acceptors (Lipinski definition) is 5. The van der Waals surface area contributed by atoms with Gasteiger partial charge in [0.25, 0.3) is 0 Å². The minimum Gasteiger partial charge on any atom is -0.481 e. The lowest BCUT2D eigenvalue weighted by atomic mass is 10.1. The average Bonchev–Trinajstić information content (AvgIpc) is 2.68. The highest BCUT2D eigenvalue weighted by Crippen LogP contribution is 2.05. The molecule has 0 aromatic heterocycles. The lowest BCUT2D eigenvalue weighted by molar-refractivity contribution is -0.140. The molecule has 3 amide bonds. The van der Waals surface area contributed by atoms with Crippen molar-refractivity contribution in [1.29, 1.82) is 0 Å². The van der Waals surface area contributed by atoms with E-state index >= 15 is 0 Å². The predicted molar refractivity (Wildman–Crippen MR) is 103 cm³/mol. The second kappa shape index (κ2) is 12.8. The average molecular weight is 441 g/mol. The van der Waals surface area contributed by atoms with Crippen molar-refractivity contribution in [3.05, 3.63) is 35.6 Å². The SMILES string of the molecule is O=C(O)CC[C@H](NC(=O)N[C@@H](CCCC(=O)NCc1cccc(F)c1)C(=O)O)C(=O)O. The lowest BCUT2D eigenvalue weighted by Gasteiger charge is -2.18. The van der Waals surface area contributed by atoms with Gasteiger partial charge in [0, 0.05) is 19.4 Å². The van der Waals surface area contributed by atoms with Gasteiger partial charge in [0.2, 0.25) is 5.91 Å². The molecule has 2 atom stereocenters. The molecule has 170 valence electrons. The lowest BCUT2D eigenvalue weighted by Crippen LogP contribution is -2.51. The van der Waals surface area contributed by atoms with E-state index in [0.717, 1.165) is 0 Å². The molecule has 0 aliphatic rings. The molecule has 0 saturated heterocycles. The number of aliphatic carboxylic acids is 3. The summed E-state index contributed by atoms with van der Waals surface area (Å²) in [6.07, 6.45) is -0.916. The van der Waals surface area contributed by atoms with E-state index in [1.165, 1.54) is 18.2 Å². The molecule has 0 radical (unpaired) electrons. The summed E-state index contributed by atoms with van der Waals surface area (Å²) in [6, 6.07) is 1.70. The zero-order valence-electron chi connectivity index (χ0n) is 16.5. The van der Waals surface area contributed by atoms with Gasteiger partial charge in [0.15, 0.2) is 0 Å². The first-order valence-electron chi connectivity index (χ1n) is 9.34. The van der Waals surface area contributed by atoms with Crippen LogP contribution in [0.5, 0.6) is 0 Å². The van der Waals surface area contributed by atoms with Crippen LogP contribution in [0.1, 0.15) is 37.7 Å². The van der Waals surface area contributed by atoms with Crippen LogP contribution in [0.15, 0.2) is 24.3 Å². The highest BCUT2D eigenvalue weighted by Gasteiger charge is 2.24. The standard InChI is InChI=1S/C19H24FN3O8/c20-12-4-1-3-11(9-12)10-21-15(24)6-2-5-13(17(27)28)22-19(31)23-14(18(29)30)7-8-16(25)26/h1,3-4,9,13-14H,2,5-8,10H2,(H,21,24)(H,25,26)(H,27,28)(H,29,30)(H2,22,23,31)/t13-,14-/m0/s1. The van der Waals surface area contributed by atoms with E-state index in [2.05, 4.69) is 10.6 Å². The highest BCUT2D eigenvalue weighted by molar-refractivity contribution is 5.86. The molecule has 1 aromatic carbocycles. The van der Waals surface area contributed by atoms with Crippen LogP contribution in [0.3, 0.4) is 0 Å². The van der Waals surface area contributed by atoms with Crippen molar-refractivity contribution in [3.63, 3.8) is 0 Å². The normalized spacial score (nSPS) is 12.3. The molecule has 0 aliphatic carbocycles. The quantitative estimate of drug-likeness (QED) is 0.258. The number of carboxylic acid groups (broad SMARTS) is 3. The maximum Gasteiger partial charge on any atom is 0.326 e. The van der Waals surface area contributed by atoms with E-state index in [0.29, 0.717) is 5.56 Å². The van der Waals surface area contributed by atoms with E-state index in [1.54, 1.807) is 6.07 Å². The van der Waals surface area contributed by atoms with Gasteiger partial charge in [-0.25, -0.2) is 18.8 Å². The zero-order chi connectivity index (χ0) is 23.4. The number of amides is 3. The van der Waals surface area contributed by atoms with Gasteiger partial charge in [0.05, 0.1) is 0 Å². The molecule has 31 heavy (non-hydrogen) atoms. The number of halogens is 1. The first-order valence-corrected chi connectivity index (χ1v) is 9.34. The van der Waals surface area contributed by atoms with E-state index in [-0.39, 0.29) is 32.2 Å². The Labute approximate surface area is 176 Å². The Bertz CT molecular complexity index is 817. The number of hydrogen-bond donors (Lipinski definition) is 6. The van der Waals surface area contributed by atoms with Crippen LogP contribution in [0.2, 0.25) is 0 Å². The molecule has 0 aliphatic heterocycles. The van der Waals surface area contributed by atoms with Crippen LogP contribution in [0, 0.1) is 5.82 Å². The zero-order valence-corrected chi connectivity index (χ0v) is 16.5. The third-order valence-corrected chi connectivity index (χ3v) is 4.13. The monoisotopic (exact) mass is 441 g/mol. The van der Waals surface area contributed by atoms with Crippen molar-refractivity contribution in [2.75, 3.05) is 0 Å². The van der Waals surface area contributed by atoms with Gasteiger partial charge in [-0.1, -0.05) is 12.1 Å². The molecular formula is C19H24FN3O8. The summed E-state index contributed by atoms with van der Waals surface area (Å²) in [6.45, 7) is 0.104. The minimum atomic E-state index is -1.50. The molecule has 0 heterocycles. The molecule has 0 spiro atoms. The molecule has 12 heteroatoms. The summed E-state index contributed by atoms with van der Waals surface area (Å²) < 4.78 is 13.1. The Morgan fingerprint density at radius 3 is 2.06 bits per heavy atom. The van der Waals surface area contributed by atoms with E-state index in [9.17, 15) is 33.5 Å². The number of urea groups is 1. The molecule has 6 N–H and O–H groups in total. The maximum absolute atomic E-state index is 13.1. The summed E-state index contributed by atoms with van der Waals surface area (Å²) in [5.41, 5.74) is 0.561. The van der Waals surface area contributed by atoms with Crippen LogP contribution < -0.4 is 16.0 Å². The number of benzene rings is 1. The van der Waals surface area contributed by atoms with Gasteiger partial charge in [-0.05, 0) is 37.0 Å². The van der Waals surface area contributed by atoms with Crippen LogP contribution in [0.4, 0.5) is 9.18 Å². The Kier molecular flexibility index (Phi) is 10.4. The van der Waals surface area contributed by atoms with Crippen molar-refractivity contribution in [2.24, 2.45) is 0 Å². The summed E-state index contributed by atoms with van der Waals surface area (Å²) >= 11 is 0. The van der Waals surface area contributed by atoms with Crippen molar-refractivity contribution in [1.82, 2.24) is 16.0 Å². The van der Waals surface area contributed by atoms with Crippen LogP contribution >= 0.6 is 0 Å². The van der Waals surface area contributed by atoms with Crippen molar-refractivity contribution in [2.45, 2.75) is 50.7 Å². The molecule has 0 bridgehead atoms.